The van der Waals surface area contributed by atoms with E-state index >= 15 is 0 Å². The van der Waals surface area contributed by atoms with Crippen LogP contribution in [0.15, 0.2) is 30.3 Å². The van der Waals surface area contributed by atoms with Crippen molar-refractivity contribution in [2.75, 3.05) is 6.61 Å². The third-order valence-electron chi connectivity index (χ3n) is 3.08. The molecule has 0 saturated heterocycles. The van der Waals surface area contributed by atoms with E-state index < -0.39 is 0 Å². The van der Waals surface area contributed by atoms with Crippen molar-refractivity contribution in [2.24, 2.45) is 0 Å². The fourth-order valence-corrected chi connectivity index (χ4v) is 1.97. The van der Waals surface area contributed by atoms with Crippen LogP contribution in [0, 0.1) is 0 Å². The topological polar surface area (TPSA) is 73.8 Å². The molecular weight excluding hydrogens is 240 g/mol. The first-order valence-corrected chi connectivity index (χ1v) is 6.60. The van der Waals surface area contributed by atoms with Gasteiger partial charge >= 0.3 is 0 Å². The molecule has 2 aromatic rings. The molecule has 0 aliphatic heterocycles. The van der Waals surface area contributed by atoms with Crippen LogP contribution in [-0.2, 0) is 6.54 Å². The number of aromatic amines is 1. The van der Waals surface area contributed by atoms with E-state index in [0.717, 1.165) is 29.8 Å². The van der Waals surface area contributed by atoms with E-state index in [9.17, 15) is 0 Å². The molecule has 0 saturated carbocycles. The summed E-state index contributed by atoms with van der Waals surface area (Å²) in [7, 11) is 0. The summed E-state index contributed by atoms with van der Waals surface area (Å²) >= 11 is 0. The lowest BCUT2D eigenvalue weighted by Gasteiger charge is -2.12. The summed E-state index contributed by atoms with van der Waals surface area (Å²) in [6.45, 7) is 3.02. The van der Waals surface area contributed by atoms with Gasteiger partial charge in [0.1, 0.15) is 11.4 Å². The Morgan fingerprint density at radius 3 is 2.79 bits per heavy atom. The minimum Gasteiger partial charge on any atom is -0.396 e. The molecule has 0 aliphatic rings. The molecule has 102 valence electrons. The van der Waals surface area contributed by atoms with E-state index in [-0.39, 0.29) is 6.61 Å². The zero-order chi connectivity index (χ0) is 13.5. The van der Waals surface area contributed by atoms with Crippen LogP contribution in [0.25, 0.3) is 11.3 Å². The highest BCUT2D eigenvalue weighted by Crippen LogP contribution is 2.18. The highest BCUT2D eigenvalue weighted by atomic mass is 16.2. The van der Waals surface area contributed by atoms with Crippen molar-refractivity contribution in [3.63, 3.8) is 0 Å². The molecule has 0 fully saturated rings. The fourth-order valence-electron chi connectivity index (χ4n) is 1.97. The first kappa shape index (κ1) is 13.7. The smallest absolute Gasteiger partial charge is 0.117 e. The van der Waals surface area contributed by atoms with Crippen molar-refractivity contribution < 1.29 is 5.11 Å². The standard InChI is InChI=1S/C14H20N4O/c1-11(6-5-9-19)15-10-13-14(17-18-16-13)12-7-3-2-4-8-12/h2-4,7-8,11,15,19H,5-6,9-10H2,1H3,(H,16,17,18). The number of rotatable bonds is 7. The monoisotopic (exact) mass is 260 g/mol. The lowest BCUT2D eigenvalue weighted by atomic mass is 10.1. The van der Waals surface area contributed by atoms with Crippen molar-refractivity contribution in [1.82, 2.24) is 20.7 Å². The molecular formula is C14H20N4O. The molecule has 1 aromatic carbocycles. The van der Waals surface area contributed by atoms with Crippen LogP contribution in [0.5, 0.6) is 0 Å². The quantitative estimate of drug-likeness (QED) is 0.708. The zero-order valence-corrected chi connectivity index (χ0v) is 11.1. The highest BCUT2D eigenvalue weighted by Gasteiger charge is 2.10. The van der Waals surface area contributed by atoms with Gasteiger partial charge in [-0.1, -0.05) is 30.3 Å². The van der Waals surface area contributed by atoms with Crippen LogP contribution in [0.2, 0.25) is 0 Å². The van der Waals surface area contributed by atoms with Gasteiger partial charge in [0, 0.05) is 24.8 Å². The van der Waals surface area contributed by atoms with Gasteiger partial charge in [0.05, 0.1) is 0 Å². The van der Waals surface area contributed by atoms with Crippen molar-refractivity contribution in [1.29, 1.82) is 0 Å². The molecule has 5 nitrogen and oxygen atoms in total. The summed E-state index contributed by atoms with van der Waals surface area (Å²) in [4.78, 5) is 0. The number of H-pyrrole nitrogens is 1. The number of hydrogen-bond acceptors (Lipinski definition) is 4. The fraction of sp³-hybridized carbons (Fsp3) is 0.429. The van der Waals surface area contributed by atoms with Gasteiger partial charge in [0.15, 0.2) is 0 Å². The van der Waals surface area contributed by atoms with Gasteiger partial charge in [-0.15, -0.1) is 0 Å². The number of aromatic nitrogens is 3. The number of hydrogen-bond donors (Lipinski definition) is 3. The SMILES string of the molecule is CC(CCCO)NCc1n[nH]nc1-c1ccccc1. The number of aliphatic hydroxyl groups is 1. The predicted octanol–water partition coefficient (Wildman–Crippen LogP) is 1.72. The Morgan fingerprint density at radius 2 is 2.05 bits per heavy atom. The first-order chi connectivity index (χ1) is 9.31. The van der Waals surface area contributed by atoms with E-state index in [2.05, 4.69) is 27.7 Å². The Balaban J connectivity index is 1.97. The van der Waals surface area contributed by atoms with Crippen molar-refractivity contribution in [3.05, 3.63) is 36.0 Å². The minimum absolute atomic E-state index is 0.241. The Labute approximate surface area is 113 Å². The second-order valence-electron chi connectivity index (χ2n) is 4.63. The van der Waals surface area contributed by atoms with Crippen LogP contribution in [0.3, 0.4) is 0 Å². The normalized spacial score (nSPS) is 12.5. The summed E-state index contributed by atoms with van der Waals surface area (Å²) in [5.41, 5.74) is 2.88. The Kier molecular flexibility index (Phi) is 5.06. The van der Waals surface area contributed by atoms with Crippen LogP contribution in [0.1, 0.15) is 25.5 Å². The summed E-state index contributed by atoms with van der Waals surface area (Å²) in [6, 6.07) is 10.4. The molecule has 0 radical (unpaired) electrons. The summed E-state index contributed by atoms with van der Waals surface area (Å²) < 4.78 is 0. The zero-order valence-electron chi connectivity index (χ0n) is 11.1. The van der Waals surface area contributed by atoms with Gasteiger partial charge in [0.2, 0.25) is 0 Å². The molecule has 1 aromatic heterocycles. The minimum atomic E-state index is 0.241. The third kappa shape index (κ3) is 3.87. The maximum atomic E-state index is 8.81. The van der Waals surface area contributed by atoms with Gasteiger partial charge in [-0.2, -0.15) is 15.4 Å². The van der Waals surface area contributed by atoms with Crippen molar-refractivity contribution in [2.45, 2.75) is 32.4 Å². The van der Waals surface area contributed by atoms with Crippen LogP contribution in [-0.4, -0.2) is 33.2 Å². The lowest BCUT2D eigenvalue weighted by Crippen LogP contribution is -2.26. The Hall–Kier alpha value is -1.72. The lowest BCUT2D eigenvalue weighted by molar-refractivity contribution is 0.276. The molecule has 2 rings (SSSR count). The average Bonchev–Trinajstić information content (AvgIpc) is 2.92. The molecule has 0 spiro atoms. The second kappa shape index (κ2) is 7.01. The van der Waals surface area contributed by atoms with Crippen LogP contribution in [0.4, 0.5) is 0 Å². The highest BCUT2D eigenvalue weighted by molar-refractivity contribution is 5.60. The molecule has 19 heavy (non-hydrogen) atoms. The summed E-state index contributed by atoms with van der Waals surface area (Å²) in [6.07, 6.45) is 1.77. The number of aliphatic hydroxyl groups excluding tert-OH is 1. The largest absolute Gasteiger partial charge is 0.396 e. The average molecular weight is 260 g/mol. The van der Waals surface area contributed by atoms with E-state index in [4.69, 9.17) is 5.11 Å². The molecule has 0 amide bonds. The molecule has 1 heterocycles. The Bertz CT molecular complexity index is 483. The molecule has 1 atom stereocenters. The van der Waals surface area contributed by atoms with Crippen LogP contribution >= 0.6 is 0 Å². The maximum absolute atomic E-state index is 8.81. The maximum Gasteiger partial charge on any atom is 0.117 e. The number of nitrogens with one attached hydrogen (secondary N) is 2. The Morgan fingerprint density at radius 1 is 1.26 bits per heavy atom. The van der Waals surface area contributed by atoms with Gasteiger partial charge < -0.3 is 10.4 Å². The van der Waals surface area contributed by atoms with Gasteiger partial charge in [-0.05, 0) is 19.8 Å². The first-order valence-electron chi connectivity index (χ1n) is 6.60. The van der Waals surface area contributed by atoms with Gasteiger partial charge in [-0.25, -0.2) is 0 Å². The third-order valence-corrected chi connectivity index (χ3v) is 3.08. The number of benzene rings is 1. The van der Waals surface area contributed by atoms with Crippen molar-refractivity contribution in [3.8, 4) is 11.3 Å². The van der Waals surface area contributed by atoms with Gasteiger partial charge in [-0.3, -0.25) is 0 Å². The molecule has 3 N–H and O–H groups in total. The van der Waals surface area contributed by atoms with Crippen LogP contribution < -0.4 is 5.32 Å². The van der Waals surface area contributed by atoms with Gasteiger partial charge in [0.25, 0.3) is 0 Å². The second-order valence-corrected chi connectivity index (χ2v) is 4.63. The summed E-state index contributed by atoms with van der Waals surface area (Å²) in [5.74, 6) is 0. The predicted molar refractivity (Wildman–Crippen MR) is 74.4 cm³/mol. The molecule has 0 bridgehead atoms. The summed E-state index contributed by atoms with van der Waals surface area (Å²) in [5, 5.41) is 23.3. The van der Waals surface area contributed by atoms with E-state index in [1.54, 1.807) is 0 Å². The van der Waals surface area contributed by atoms with E-state index in [1.165, 1.54) is 0 Å². The number of nitrogens with zero attached hydrogens (tertiary/aromatic N) is 2. The van der Waals surface area contributed by atoms with E-state index in [1.807, 2.05) is 30.3 Å². The molecule has 1 unspecified atom stereocenters. The van der Waals surface area contributed by atoms with Crippen molar-refractivity contribution >= 4 is 0 Å². The molecule has 5 heteroatoms. The van der Waals surface area contributed by atoms with E-state index in [0.29, 0.717) is 12.6 Å². The molecule has 0 aliphatic carbocycles.